The zero-order valence-corrected chi connectivity index (χ0v) is 13.0. The Morgan fingerprint density at radius 2 is 2.00 bits per heavy atom. The number of nitrogens with one attached hydrogen (secondary N) is 1. The van der Waals surface area contributed by atoms with Crippen molar-refractivity contribution in [2.75, 3.05) is 32.4 Å². The van der Waals surface area contributed by atoms with Crippen molar-refractivity contribution in [1.82, 2.24) is 9.62 Å². The molecule has 4 nitrogen and oxygen atoms in total. The lowest BCUT2D eigenvalue weighted by Gasteiger charge is -2.32. The third kappa shape index (κ3) is 5.24. The topological polar surface area (TPSA) is 49.4 Å². The van der Waals surface area contributed by atoms with Crippen molar-refractivity contribution in [2.24, 2.45) is 11.3 Å². The highest BCUT2D eigenvalue weighted by molar-refractivity contribution is 7.89. The lowest BCUT2D eigenvalue weighted by atomic mass is 9.94. The van der Waals surface area contributed by atoms with Crippen LogP contribution in [0.15, 0.2) is 0 Å². The molecule has 0 saturated carbocycles. The molecule has 1 N–H and O–H groups in total. The minimum absolute atomic E-state index is 0.0766. The number of hydrogen-bond acceptors (Lipinski definition) is 3. The van der Waals surface area contributed by atoms with Crippen molar-refractivity contribution in [2.45, 2.75) is 40.0 Å². The van der Waals surface area contributed by atoms with Crippen molar-refractivity contribution in [1.29, 1.82) is 0 Å². The maximum Gasteiger partial charge on any atom is 0.214 e. The molecule has 1 aliphatic rings. The van der Waals surface area contributed by atoms with Gasteiger partial charge in [0.15, 0.2) is 0 Å². The van der Waals surface area contributed by atoms with Gasteiger partial charge in [0.2, 0.25) is 10.0 Å². The molecule has 0 aliphatic carbocycles. The van der Waals surface area contributed by atoms with Gasteiger partial charge in [0.05, 0.1) is 5.75 Å². The van der Waals surface area contributed by atoms with Crippen LogP contribution >= 0.6 is 0 Å². The molecule has 1 fully saturated rings. The summed E-state index contributed by atoms with van der Waals surface area (Å²) in [6.45, 7) is 8.55. The van der Waals surface area contributed by atoms with Crippen molar-refractivity contribution in [3.05, 3.63) is 0 Å². The van der Waals surface area contributed by atoms with Crippen LogP contribution in [-0.4, -0.2) is 45.2 Å². The summed E-state index contributed by atoms with van der Waals surface area (Å²) in [6.07, 6.45) is 2.84. The Kier molecular flexibility index (Phi) is 5.62. The normalized spacial score (nSPS) is 23.2. The third-order valence-electron chi connectivity index (χ3n) is 3.48. The summed E-state index contributed by atoms with van der Waals surface area (Å²) in [4.78, 5) is 0. The zero-order valence-electron chi connectivity index (χ0n) is 12.2. The van der Waals surface area contributed by atoms with E-state index in [1.165, 1.54) is 0 Å². The van der Waals surface area contributed by atoms with Crippen LogP contribution < -0.4 is 5.32 Å². The molecular formula is C13H28N2O2S. The second-order valence-corrected chi connectivity index (χ2v) is 8.64. The number of piperidine rings is 1. The van der Waals surface area contributed by atoms with E-state index >= 15 is 0 Å². The van der Waals surface area contributed by atoms with E-state index in [1.54, 1.807) is 4.31 Å². The summed E-state index contributed by atoms with van der Waals surface area (Å²) in [5.74, 6) is 0.746. The molecular weight excluding hydrogens is 248 g/mol. The van der Waals surface area contributed by atoms with Crippen molar-refractivity contribution < 1.29 is 8.42 Å². The van der Waals surface area contributed by atoms with Gasteiger partial charge < -0.3 is 5.32 Å². The summed E-state index contributed by atoms with van der Waals surface area (Å²) >= 11 is 0. The number of hydrogen-bond donors (Lipinski definition) is 1. The second-order valence-electron chi connectivity index (χ2n) is 6.55. The average molecular weight is 276 g/mol. The maximum absolute atomic E-state index is 12.3. The largest absolute Gasteiger partial charge is 0.319 e. The Labute approximate surface area is 112 Å². The highest BCUT2D eigenvalue weighted by atomic mass is 32.2. The van der Waals surface area contributed by atoms with Gasteiger partial charge in [0.25, 0.3) is 0 Å². The number of nitrogens with zero attached hydrogens (tertiary/aromatic N) is 1. The summed E-state index contributed by atoms with van der Waals surface area (Å²) in [6, 6.07) is 0. The van der Waals surface area contributed by atoms with Gasteiger partial charge in [0, 0.05) is 13.1 Å². The maximum atomic E-state index is 12.3. The SMILES string of the molecule is CNCC1CCCN(S(=O)(=O)CCC(C)(C)C)C1. The van der Waals surface area contributed by atoms with E-state index in [0.29, 0.717) is 19.0 Å². The third-order valence-corrected chi connectivity index (χ3v) is 5.32. The molecule has 1 heterocycles. The molecule has 1 unspecified atom stereocenters. The van der Waals surface area contributed by atoms with E-state index < -0.39 is 10.0 Å². The monoisotopic (exact) mass is 276 g/mol. The molecule has 0 aromatic heterocycles. The fraction of sp³-hybridized carbons (Fsp3) is 1.00. The van der Waals surface area contributed by atoms with Gasteiger partial charge in [-0.3, -0.25) is 0 Å². The highest BCUT2D eigenvalue weighted by Gasteiger charge is 2.29. The van der Waals surface area contributed by atoms with Gasteiger partial charge in [0.1, 0.15) is 0 Å². The molecule has 0 aromatic carbocycles. The van der Waals surface area contributed by atoms with Gasteiger partial charge >= 0.3 is 0 Å². The van der Waals surface area contributed by atoms with Crippen LogP contribution in [0.2, 0.25) is 0 Å². The molecule has 1 aliphatic heterocycles. The molecule has 0 bridgehead atoms. The number of rotatable bonds is 5. The van der Waals surface area contributed by atoms with Gasteiger partial charge in [-0.15, -0.1) is 0 Å². The molecule has 0 amide bonds. The van der Waals surface area contributed by atoms with E-state index in [1.807, 2.05) is 7.05 Å². The Bertz CT molecular complexity index is 344. The minimum Gasteiger partial charge on any atom is -0.319 e. The zero-order chi connectivity index (χ0) is 13.8. The van der Waals surface area contributed by atoms with Crippen LogP contribution in [0.5, 0.6) is 0 Å². The Morgan fingerprint density at radius 3 is 2.56 bits per heavy atom. The summed E-state index contributed by atoms with van der Waals surface area (Å²) in [5, 5.41) is 3.14. The molecule has 1 atom stereocenters. The van der Waals surface area contributed by atoms with Crippen LogP contribution in [0.4, 0.5) is 0 Å². The minimum atomic E-state index is -3.06. The van der Waals surface area contributed by atoms with Gasteiger partial charge in [-0.1, -0.05) is 20.8 Å². The van der Waals surface area contributed by atoms with E-state index in [4.69, 9.17) is 0 Å². The molecule has 0 aromatic rings. The molecule has 18 heavy (non-hydrogen) atoms. The van der Waals surface area contributed by atoms with E-state index in [0.717, 1.165) is 25.8 Å². The summed E-state index contributed by atoms with van der Waals surface area (Å²) < 4.78 is 26.3. The Hall–Kier alpha value is -0.130. The second kappa shape index (κ2) is 6.35. The van der Waals surface area contributed by atoms with E-state index in [9.17, 15) is 8.42 Å². The Balaban J connectivity index is 2.56. The van der Waals surface area contributed by atoms with Crippen molar-refractivity contribution in [3.8, 4) is 0 Å². The molecule has 108 valence electrons. The standard InChI is InChI=1S/C13H28N2O2S/c1-13(2,3)7-9-18(16,17)15-8-5-6-12(11-15)10-14-4/h12,14H,5-11H2,1-4H3. The number of sulfonamides is 1. The molecule has 1 saturated heterocycles. The van der Waals surface area contributed by atoms with Crippen LogP contribution in [-0.2, 0) is 10.0 Å². The fourth-order valence-electron chi connectivity index (χ4n) is 2.30. The van der Waals surface area contributed by atoms with Crippen LogP contribution in [0.3, 0.4) is 0 Å². The average Bonchev–Trinajstić information content (AvgIpc) is 2.27. The van der Waals surface area contributed by atoms with E-state index in [-0.39, 0.29) is 11.2 Å². The van der Waals surface area contributed by atoms with Gasteiger partial charge in [-0.05, 0) is 44.2 Å². The Morgan fingerprint density at radius 1 is 1.33 bits per heavy atom. The molecule has 5 heteroatoms. The van der Waals surface area contributed by atoms with Crippen LogP contribution in [0.25, 0.3) is 0 Å². The van der Waals surface area contributed by atoms with Gasteiger partial charge in [-0.2, -0.15) is 0 Å². The quantitative estimate of drug-likeness (QED) is 0.831. The first-order chi connectivity index (χ1) is 8.24. The van der Waals surface area contributed by atoms with E-state index in [2.05, 4.69) is 26.1 Å². The molecule has 0 radical (unpaired) electrons. The first-order valence-electron chi connectivity index (χ1n) is 6.87. The predicted octanol–water partition coefficient (Wildman–Crippen LogP) is 1.68. The lowest BCUT2D eigenvalue weighted by Crippen LogP contribution is -2.43. The first kappa shape index (κ1) is 15.9. The fourth-order valence-corrected chi connectivity index (χ4v) is 4.27. The van der Waals surface area contributed by atoms with Crippen LogP contribution in [0.1, 0.15) is 40.0 Å². The highest BCUT2D eigenvalue weighted by Crippen LogP contribution is 2.23. The summed E-state index contributed by atoms with van der Waals surface area (Å²) in [5.41, 5.74) is 0.0766. The molecule has 1 rings (SSSR count). The van der Waals surface area contributed by atoms with Crippen molar-refractivity contribution >= 4 is 10.0 Å². The first-order valence-corrected chi connectivity index (χ1v) is 8.48. The van der Waals surface area contributed by atoms with Crippen molar-refractivity contribution in [3.63, 3.8) is 0 Å². The smallest absolute Gasteiger partial charge is 0.214 e. The molecule has 0 spiro atoms. The van der Waals surface area contributed by atoms with Crippen LogP contribution in [0, 0.1) is 11.3 Å². The lowest BCUT2D eigenvalue weighted by molar-refractivity contribution is 0.261. The summed E-state index contributed by atoms with van der Waals surface area (Å²) in [7, 11) is -1.14. The predicted molar refractivity (Wildman–Crippen MR) is 76.1 cm³/mol. The van der Waals surface area contributed by atoms with Gasteiger partial charge in [-0.25, -0.2) is 12.7 Å².